The average molecular weight is 259 g/mol. The first-order valence-corrected chi connectivity index (χ1v) is 6.76. The lowest BCUT2D eigenvalue weighted by Crippen LogP contribution is -2.33. The van der Waals surface area contributed by atoms with E-state index in [0.717, 1.165) is 18.9 Å². The van der Waals surface area contributed by atoms with Crippen LogP contribution in [-0.2, 0) is 10.2 Å². The highest BCUT2D eigenvalue weighted by molar-refractivity contribution is 7.90. The molecule has 0 bridgehead atoms. The van der Waals surface area contributed by atoms with E-state index >= 15 is 0 Å². The second-order valence-electron chi connectivity index (χ2n) is 3.94. The molecule has 0 aromatic heterocycles. The van der Waals surface area contributed by atoms with Crippen molar-refractivity contribution in [3.63, 3.8) is 0 Å². The first-order valence-electron chi connectivity index (χ1n) is 5.32. The molecule has 1 aliphatic rings. The Morgan fingerprint density at radius 3 is 2.59 bits per heavy atom. The molecule has 1 aromatic carbocycles. The molecule has 5 nitrogen and oxygen atoms in total. The number of anilines is 2. The third-order valence-corrected chi connectivity index (χ3v) is 4.18. The summed E-state index contributed by atoms with van der Waals surface area (Å²) in [5.74, 6) is -0.529. The van der Waals surface area contributed by atoms with E-state index in [4.69, 9.17) is 5.73 Å². The summed E-state index contributed by atoms with van der Waals surface area (Å²) < 4.78 is 40.4. The first kappa shape index (κ1) is 12.1. The molecule has 0 spiro atoms. The summed E-state index contributed by atoms with van der Waals surface area (Å²) in [6, 6.07) is 3.59. The standard InChI is InChI=1S/C10H14FN3O2S/c11-8-3-4-9(12)10(7-8)13-17(15,16)14-5-1-2-6-14/h3-4,7,13H,1-2,5-6,12H2. The van der Waals surface area contributed by atoms with Gasteiger partial charge in [-0.2, -0.15) is 12.7 Å². The zero-order valence-corrected chi connectivity index (χ0v) is 10.0. The Balaban J connectivity index is 2.22. The average Bonchev–Trinajstić information content (AvgIpc) is 2.77. The van der Waals surface area contributed by atoms with Crippen LogP contribution in [0.25, 0.3) is 0 Å². The number of hydrogen-bond donors (Lipinski definition) is 2. The van der Waals surface area contributed by atoms with Crippen molar-refractivity contribution in [2.75, 3.05) is 23.5 Å². The van der Waals surface area contributed by atoms with Crippen LogP contribution in [0.2, 0.25) is 0 Å². The maximum absolute atomic E-state index is 13.0. The molecule has 2 rings (SSSR count). The van der Waals surface area contributed by atoms with Gasteiger partial charge in [-0.3, -0.25) is 4.72 Å². The van der Waals surface area contributed by atoms with Gasteiger partial charge in [-0.15, -0.1) is 0 Å². The van der Waals surface area contributed by atoms with Crippen LogP contribution in [0.5, 0.6) is 0 Å². The van der Waals surface area contributed by atoms with E-state index in [1.165, 1.54) is 16.4 Å². The minimum atomic E-state index is -3.62. The Kier molecular flexibility index (Phi) is 3.21. The van der Waals surface area contributed by atoms with Crippen molar-refractivity contribution in [1.82, 2.24) is 4.31 Å². The first-order chi connectivity index (χ1) is 7.99. The summed E-state index contributed by atoms with van der Waals surface area (Å²) in [4.78, 5) is 0. The summed E-state index contributed by atoms with van der Waals surface area (Å²) in [5, 5.41) is 0. The van der Waals surface area contributed by atoms with E-state index < -0.39 is 16.0 Å². The Hall–Kier alpha value is -1.34. The number of benzene rings is 1. The van der Waals surface area contributed by atoms with Gasteiger partial charge in [0.1, 0.15) is 5.82 Å². The number of nitrogens with one attached hydrogen (secondary N) is 1. The molecule has 0 unspecified atom stereocenters. The number of rotatable bonds is 3. The van der Waals surface area contributed by atoms with Gasteiger partial charge < -0.3 is 5.73 Å². The number of nitrogens with zero attached hydrogens (tertiary/aromatic N) is 1. The predicted octanol–water partition coefficient (Wildman–Crippen LogP) is 1.16. The Bertz CT molecular complexity index is 512. The van der Waals surface area contributed by atoms with E-state index in [2.05, 4.69) is 4.72 Å². The minimum Gasteiger partial charge on any atom is -0.397 e. The van der Waals surface area contributed by atoms with Crippen molar-refractivity contribution in [2.24, 2.45) is 0 Å². The molecule has 0 aliphatic carbocycles. The monoisotopic (exact) mass is 259 g/mol. The number of nitrogen functional groups attached to an aromatic ring is 1. The van der Waals surface area contributed by atoms with Gasteiger partial charge in [0, 0.05) is 19.2 Å². The Morgan fingerprint density at radius 1 is 1.29 bits per heavy atom. The Labute approximate surface area is 99.6 Å². The van der Waals surface area contributed by atoms with E-state index in [1.807, 2.05) is 0 Å². The quantitative estimate of drug-likeness (QED) is 0.800. The fraction of sp³-hybridized carbons (Fsp3) is 0.400. The highest BCUT2D eigenvalue weighted by Gasteiger charge is 2.25. The second kappa shape index (κ2) is 4.50. The lowest BCUT2D eigenvalue weighted by molar-refractivity contribution is 0.482. The van der Waals surface area contributed by atoms with Crippen LogP contribution in [0.1, 0.15) is 12.8 Å². The summed E-state index contributed by atoms with van der Waals surface area (Å²) in [6.45, 7) is 0.981. The molecule has 1 aliphatic heterocycles. The molecule has 1 heterocycles. The van der Waals surface area contributed by atoms with Crippen molar-refractivity contribution >= 4 is 21.6 Å². The van der Waals surface area contributed by atoms with Gasteiger partial charge in [0.05, 0.1) is 11.4 Å². The van der Waals surface area contributed by atoms with Crippen LogP contribution in [0.15, 0.2) is 18.2 Å². The van der Waals surface area contributed by atoms with Crippen LogP contribution in [0.3, 0.4) is 0 Å². The van der Waals surface area contributed by atoms with Crippen LogP contribution < -0.4 is 10.5 Å². The largest absolute Gasteiger partial charge is 0.397 e. The van der Waals surface area contributed by atoms with Crippen molar-refractivity contribution in [3.05, 3.63) is 24.0 Å². The van der Waals surface area contributed by atoms with Crippen molar-refractivity contribution < 1.29 is 12.8 Å². The van der Waals surface area contributed by atoms with Gasteiger partial charge in [0.25, 0.3) is 0 Å². The van der Waals surface area contributed by atoms with Gasteiger partial charge in [0.2, 0.25) is 0 Å². The van der Waals surface area contributed by atoms with Gasteiger partial charge in [0.15, 0.2) is 0 Å². The van der Waals surface area contributed by atoms with Gasteiger partial charge >= 0.3 is 10.2 Å². The van der Waals surface area contributed by atoms with Gasteiger partial charge in [-0.25, -0.2) is 4.39 Å². The predicted molar refractivity (Wildman–Crippen MR) is 64.2 cm³/mol. The molecule has 0 atom stereocenters. The molecule has 1 fully saturated rings. The topological polar surface area (TPSA) is 75.4 Å². The van der Waals surface area contributed by atoms with Crippen molar-refractivity contribution in [2.45, 2.75) is 12.8 Å². The third-order valence-electron chi connectivity index (χ3n) is 2.66. The molecule has 94 valence electrons. The molecular weight excluding hydrogens is 245 g/mol. The SMILES string of the molecule is Nc1ccc(F)cc1NS(=O)(=O)N1CCCC1. The summed E-state index contributed by atoms with van der Waals surface area (Å²) in [5.41, 5.74) is 5.87. The highest BCUT2D eigenvalue weighted by Crippen LogP contribution is 2.22. The molecule has 0 amide bonds. The molecule has 1 aromatic rings. The van der Waals surface area contributed by atoms with E-state index in [1.54, 1.807) is 0 Å². The fourth-order valence-corrected chi connectivity index (χ4v) is 3.07. The normalized spacial score (nSPS) is 17.2. The molecule has 17 heavy (non-hydrogen) atoms. The summed E-state index contributed by atoms with van der Waals surface area (Å²) in [6.07, 6.45) is 1.69. The number of hydrogen-bond acceptors (Lipinski definition) is 3. The third kappa shape index (κ3) is 2.67. The molecule has 3 N–H and O–H groups in total. The van der Waals surface area contributed by atoms with E-state index in [-0.39, 0.29) is 11.4 Å². The van der Waals surface area contributed by atoms with Crippen molar-refractivity contribution in [3.8, 4) is 0 Å². The number of nitrogens with two attached hydrogens (primary N) is 1. The highest BCUT2D eigenvalue weighted by atomic mass is 32.2. The Morgan fingerprint density at radius 2 is 1.94 bits per heavy atom. The van der Waals surface area contributed by atoms with E-state index in [9.17, 15) is 12.8 Å². The zero-order chi connectivity index (χ0) is 12.5. The summed E-state index contributed by atoms with van der Waals surface area (Å²) in [7, 11) is -3.62. The van der Waals surface area contributed by atoms with Gasteiger partial charge in [-0.1, -0.05) is 0 Å². The minimum absolute atomic E-state index is 0.0805. The molecular formula is C10H14FN3O2S. The van der Waals surface area contributed by atoms with Crippen LogP contribution in [-0.4, -0.2) is 25.8 Å². The maximum atomic E-state index is 13.0. The number of halogens is 1. The maximum Gasteiger partial charge on any atom is 0.301 e. The fourth-order valence-electron chi connectivity index (χ4n) is 1.75. The van der Waals surface area contributed by atoms with Crippen LogP contribution in [0.4, 0.5) is 15.8 Å². The zero-order valence-electron chi connectivity index (χ0n) is 9.19. The lowest BCUT2D eigenvalue weighted by Gasteiger charge is -2.17. The van der Waals surface area contributed by atoms with Crippen LogP contribution in [0, 0.1) is 5.82 Å². The van der Waals surface area contributed by atoms with Crippen molar-refractivity contribution in [1.29, 1.82) is 0 Å². The molecule has 1 saturated heterocycles. The van der Waals surface area contributed by atoms with E-state index in [0.29, 0.717) is 13.1 Å². The lowest BCUT2D eigenvalue weighted by atomic mass is 10.3. The summed E-state index contributed by atoms with van der Waals surface area (Å²) >= 11 is 0. The molecule has 7 heteroatoms. The molecule has 0 radical (unpaired) electrons. The second-order valence-corrected chi connectivity index (χ2v) is 5.62. The smallest absolute Gasteiger partial charge is 0.301 e. The van der Waals surface area contributed by atoms with Gasteiger partial charge in [-0.05, 0) is 25.0 Å². The molecule has 0 saturated carbocycles. The van der Waals surface area contributed by atoms with Crippen LogP contribution >= 0.6 is 0 Å².